The molecule has 1 aliphatic heterocycles. The molecule has 2 heterocycles. The summed E-state index contributed by atoms with van der Waals surface area (Å²) in [7, 11) is 0. The number of halogens is 1. The number of nitrogens with one attached hydrogen (secondary N) is 3. The number of nitrogens with zero attached hydrogens (tertiary/aromatic N) is 1. The maximum absolute atomic E-state index is 13.1. The maximum Gasteiger partial charge on any atom is 0.220 e. The van der Waals surface area contributed by atoms with Gasteiger partial charge in [-0.15, -0.1) is 11.3 Å². The van der Waals surface area contributed by atoms with Crippen LogP contribution in [0.25, 0.3) is 0 Å². The number of rotatable bonds is 6. The molecule has 2 aromatic rings. The van der Waals surface area contributed by atoms with E-state index < -0.39 is 0 Å². The van der Waals surface area contributed by atoms with Gasteiger partial charge in [-0.2, -0.15) is 0 Å². The Morgan fingerprint density at radius 3 is 2.83 bits per heavy atom. The van der Waals surface area contributed by atoms with Crippen LogP contribution in [0.1, 0.15) is 30.0 Å². The Bertz CT molecular complexity index is 662. The zero-order valence-electron chi connectivity index (χ0n) is 13.5. The zero-order valence-corrected chi connectivity index (χ0v) is 14.3. The molecule has 0 aliphatic carbocycles. The molecule has 1 aliphatic rings. The number of hydrogen-bond acceptors (Lipinski definition) is 5. The average Bonchev–Trinajstić information content (AvgIpc) is 3.20. The van der Waals surface area contributed by atoms with E-state index in [1.807, 2.05) is 12.3 Å². The van der Waals surface area contributed by atoms with Crippen molar-refractivity contribution in [2.45, 2.75) is 31.8 Å². The van der Waals surface area contributed by atoms with E-state index in [-0.39, 0.29) is 29.7 Å². The second kappa shape index (κ2) is 7.83. The van der Waals surface area contributed by atoms with Crippen molar-refractivity contribution in [3.05, 3.63) is 52.2 Å². The van der Waals surface area contributed by atoms with Crippen molar-refractivity contribution in [2.75, 3.05) is 6.54 Å². The largest absolute Gasteiger partial charge is 0.356 e. The molecule has 7 heteroatoms. The molecule has 1 aromatic heterocycles. The second-order valence-corrected chi connectivity index (χ2v) is 6.98. The molecule has 0 saturated carbocycles. The van der Waals surface area contributed by atoms with E-state index in [9.17, 15) is 9.18 Å². The molecule has 1 saturated heterocycles. The summed E-state index contributed by atoms with van der Waals surface area (Å²) in [5, 5.41) is 5.92. The molecular formula is C17H21FN4OS. The summed E-state index contributed by atoms with van der Waals surface area (Å²) in [5.41, 5.74) is 7.38. The van der Waals surface area contributed by atoms with Crippen molar-refractivity contribution in [1.29, 1.82) is 0 Å². The van der Waals surface area contributed by atoms with Gasteiger partial charge in [-0.05, 0) is 24.6 Å². The van der Waals surface area contributed by atoms with Gasteiger partial charge in [0.2, 0.25) is 5.91 Å². The standard InChI is InChI=1S/C17H21FN4OS/c1-11-14(10-15(23)19-7-6-16-20-8-9-24-16)17(22-21-11)12-2-4-13(18)5-3-12/h2-5,8-9,11,14,17,21-22H,6-7,10H2,1H3,(H,19,23). The van der Waals surface area contributed by atoms with Crippen molar-refractivity contribution in [3.8, 4) is 0 Å². The Morgan fingerprint density at radius 2 is 2.12 bits per heavy atom. The fourth-order valence-corrected chi connectivity index (χ4v) is 3.61. The third-order valence-electron chi connectivity index (χ3n) is 4.33. The molecule has 5 nitrogen and oxygen atoms in total. The van der Waals surface area contributed by atoms with Crippen molar-refractivity contribution < 1.29 is 9.18 Å². The first-order chi connectivity index (χ1) is 11.6. The first kappa shape index (κ1) is 17.0. The highest BCUT2D eigenvalue weighted by Gasteiger charge is 2.35. The molecule has 3 rings (SSSR count). The van der Waals surface area contributed by atoms with E-state index >= 15 is 0 Å². The minimum Gasteiger partial charge on any atom is -0.356 e. The normalized spacial score (nSPS) is 23.3. The van der Waals surface area contributed by atoms with Gasteiger partial charge in [-0.1, -0.05) is 12.1 Å². The minimum absolute atomic E-state index is 0.00897. The zero-order chi connectivity index (χ0) is 16.9. The number of carbonyl (C=O) groups is 1. The van der Waals surface area contributed by atoms with Crippen molar-refractivity contribution in [2.24, 2.45) is 5.92 Å². The van der Waals surface area contributed by atoms with Crippen LogP contribution in [0, 0.1) is 11.7 Å². The van der Waals surface area contributed by atoms with Gasteiger partial charge in [0, 0.05) is 42.9 Å². The third kappa shape index (κ3) is 4.17. The molecule has 3 atom stereocenters. The van der Waals surface area contributed by atoms with Crippen LogP contribution in [0.5, 0.6) is 0 Å². The summed E-state index contributed by atoms with van der Waals surface area (Å²) in [5.74, 6) is -0.120. The molecule has 24 heavy (non-hydrogen) atoms. The van der Waals surface area contributed by atoms with Gasteiger partial charge in [0.15, 0.2) is 0 Å². The number of hydrogen-bond donors (Lipinski definition) is 3. The molecule has 0 bridgehead atoms. The molecule has 1 fully saturated rings. The van der Waals surface area contributed by atoms with Gasteiger partial charge in [-0.25, -0.2) is 14.8 Å². The highest BCUT2D eigenvalue weighted by molar-refractivity contribution is 7.09. The highest BCUT2D eigenvalue weighted by Crippen LogP contribution is 2.31. The fourth-order valence-electron chi connectivity index (χ4n) is 2.99. The summed E-state index contributed by atoms with van der Waals surface area (Å²) in [6, 6.07) is 6.58. The summed E-state index contributed by atoms with van der Waals surface area (Å²) in [6.45, 7) is 2.64. The van der Waals surface area contributed by atoms with Gasteiger partial charge in [0.1, 0.15) is 5.82 Å². The van der Waals surface area contributed by atoms with Crippen LogP contribution in [-0.4, -0.2) is 23.5 Å². The Balaban J connectivity index is 1.55. The number of benzene rings is 1. The number of carbonyl (C=O) groups excluding carboxylic acids is 1. The van der Waals surface area contributed by atoms with E-state index in [4.69, 9.17) is 0 Å². The van der Waals surface area contributed by atoms with Gasteiger partial charge in [0.25, 0.3) is 0 Å². The summed E-state index contributed by atoms with van der Waals surface area (Å²) in [6.07, 6.45) is 2.94. The number of thiazole rings is 1. The molecule has 3 unspecified atom stereocenters. The van der Waals surface area contributed by atoms with Crippen LogP contribution in [-0.2, 0) is 11.2 Å². The molecule has 1 amide bonds. The van der Waals surface area contributed by atoms with Crippen LogP contribution >= 0.6 is 11.3 Å². The highest BCUT2D eigenvalue weighted by atomic mass is 32.1. The van der Waals surface area contributed by atoms with Gasteiger partial charge < -0.3 is 5.32 Å². The lowest BCUT2D eigenvalue weighted by molar-refractivity contribution is -0.122. The molecule has 128 valence electrons. The Kier molecular flexibility index (Phi) is 5.55. The lowest BCUT2D eigenvalue weighted by Crippen LogP contribution is -2.32. The summed E-state index contributed by atoms with van der Waals surface area (Å²) in [4.78, 5) is 16.5. The molecular weight excluding hydrogens is 327 g/mol. The molecule has 0 spiro atoms. The van der Waals surface area contributed by atoms with Gasteiger partial charge >= 0.3 is 0 Å². The maximum atomic E-state index is 13.1. The summed E-state index contributed by atoms with van der Waals surface area (Å²) < 4.78 is 13.1. The van der Waals surface area contributed by atoms with E-state index in [2.05, 4.69) is 21.2 Å². The number of hydrazine groups is 1. The van der Waals surface area contributed by atoms with E-state index in [0.29, 0.717) is 13.0 Å². The SMILES string of the molecule is CC1NNC(c2ccc(F)cc2)C1CC(=O)NCCc1nccs1. The predicted molar refractivity (Wildman–Crippen MR) is 91.8 cm³/mol. The van der Waals surface area contributed by atoms with E-state index in [1.54, 1.807) is 29.7 Å². The Labute approximate surface area is 144 Å². The lowest BCUT2D eigenvalue weighted by atomic mass is 9.87. The van der Waals surface area contributed by atoms with Crippen LogP contribution in [0.15, 0.2) is 35.8 Å². The van der Waals surface area contributed by atoms with Crippen LogP contribution in [0.4, 0.5) is 4.39 Å². The summed E-state index contributed by atoms with van der Waals surface area (Å²) >= 11 is 1.59. The Morgan fingerprint density at radius 1 is 1.33 bits per heavy atom. The van der Waals surface area contributed by atoms with Crippen LogP contribution < -0.4 is 16.2 Å². The van der Waals surface area contributed by atoms with E-state index in [0.717, 1.165) is 17.0 Å². The molecule has 1 aromatic carbocycles. The molecule has 3 N–H and O–H groups in total. The van der Waals surface area contributed by atoms with E-state index in [1.165, 1.54) is 12.1 Å². The fraction of sp³-hybridized carbons (Fsp3) is 0.412. The van der Waals surface area contributed by atoms with Crippen molar-refractivity contribution >= 4 is 17.2 Å². The first-order valence-electron chi connectivity index (χ1n) is 8.05. The smallest absolute Gasteiger partial charge is 0.220 e. The topological polar surface area (TPSA) is 66.0 Å². The third-order valence-corrected chi connectivity index (χ3v) is 5.17. The van der Waals surface area contributed by atoms with Gasteiger partial charge in [0.05, 0.1) is 11.0 Å². The lowest BCUT2D eigenvalue weighted by Gasteiger charge is -2.21. The Hall–Kier alpha value is -1.83. The monoisotopic (exact) mass is 348 g/mol. The number of aromatic nitrogens is 1. The minimum atomic E-state index is -0.255. The first-order valence-corrected chi connectivity index (χ1v) is 8.93. The van der Waals surface area contributed by atoms with Crippen molar-refractivity contribution in [3.63, 3.8) is 0 Å². The van der Waals surface area contributed by atoms with Crippen LogP contribution in [0.2, 0.25) is 0 Å². The van der Waals surface area contributed by atoms with Crippen molar-refractivity contribution in [1.82, 2.24) is 21.2 Å². The van der Waals surface area contributed by atoms with Gasteiger partial charge in [-0.3, -0.25) is 10.2 Å². The predicted octanol–water partition coefficient (Wildman–Crippen LogP) is 2.18. The quantitative estimate of drug-likeness (QED) is 0.749. The second-order valence-electron chi connectivity index (χ2n) is 6.00. The molecule has 0 radical (unpaired) electrons. The van der Waals surface area contributed by atoms with Crippen LogP contribution in [0.3, 0.4) is 0 Å². The average molecular weight is 348 g/mol. The number of amides is 1.